The maximum atomic E-state index is 12.3. The summed E-state index contributed by atoms with van der Waals surface area (Å²) in [6.07, 6.45) is 3.43. The van der Waals surface area contributed by atoms with Gasteiger partial charge >= 0.3 is 0 Å². The number of nitrogens with zero attached hydrogens (tertiary/aromatic N) is 1. The Kier molecular flexibility index (Phi) is 6.21. The number of aryl methyl sites for hydroxylation is 3. The fraction of sp³-hybridized carbons (Fsp3) is 0.688. The zero-order valence-electron chi connectivity index (χ0n) is 13.1. The van der Waals surface area contributed by atoms with Gasteiger partial charge in [0.1, 0.15) is 0 Å². The van der Waals surface area contributed by atoms with Crippen molar-refractivity contribution in [3.8, 4) is 0 Å². The van der Waals surface area contributed by atoms with Crippen LogP contribution in [0.15, 0.2) is 6.07 Å². The van der Waals surface area contributed by atoms with Gasteiger partial charge < -0.3 is 15.4 Å². The molecule has 1 aliphatic rings. The molecule has 5 heteroatoms. The van der Waals surface area contributed by atoms with Gasteiger partial charge in [-0.3, -0.25) is 4.79 Å². The summed E-state index contributed by atoms with van der Waals surface area (Å²) in [5, 5.41) is 0. The lowest BCUT2D eigenvalue weighted by atomic mass is 10.1. The molecule has 1 saturated heterocycles. The van der Waals surface area contributed by atoms with Gasteiger partial charge in [0, 0.05) is 42.4 Å². The largest absolute Gasteiger partial charge is 0.375 e. The molecule has 0 aliphatic carbocycles. The van der Waals surface area contributed by atoms with Crippen molar-refractivity contribution in [1.82, 2.24) is 4.90 Å². The van der Waals surface area contributed by atoms with Crippen LogP contribution in [-0.4, -0.2) is 43.2 Å². The Bertz CT molecular complexity index is 473. The maximum Gasteiger partial charge on any atom is 0.222 e. The predicted molar refractivity (Wildman–Crippen MR) is 86.7 cm³/mol. The van der Waals surface area contributed by atoms with E-state index in [0.717, 1.165) is 25.8 Å². The maximum absolute atomic E-state index is 12.3. The van der Waals surface area contributed by atoms with Gasteiger partial charge in [0.2, 0.25) is 5.91 Å². The first-order valence-electron chi connectivity index (χ1n) is 7.75. The molecule has 1 amide bonds. The van der Waals surface area contributed by atoms with Gasteiger partial charge in [0.15, 0.2) is 0 Å². The standard InChI is InChI=1S/C16H26N2O2S/c1-12-9-14(13(2)21-12)5-3-6-16(19)18-7-4-8-20-15(10-17)11-18/h9,15H,3-8,10-11,17H2,1-2H3. The Morgan fingerprint density at radius 1 is 1.52 bits per heavy atom. The van der Waals surface area contributed by atoms with E-state index >= 15 is 0 Å². The molecule has 1 aromatic heterocycles. The lowest BCUT2D eigenvalue weighted by Gasteiger charge is -2.23. The highest BCUT2D eigenvalue weighted by Gasteiger charge is 2.21. The van der Waals surface area contributed by atoms with Crippen LogP contribution in [0.5, 0.6) is 0 Å². The van der Waals surface area contributed by atoms with E-state index in [1.54, 1.807) is 0 Å². The third kappa shape index (κ3) is 4.80. The number of rotatable bonds is 5. The van der Waals surface area contributed by atoms with Crippen molar-refractivity contribution in [2.75, 3.05) is 26.2 Å². The van der Waals surface area contributed by atoms with Gasteiger partial charge in [-0.25, -0.2) is 0 Å². The van der Waals surface area contributed by atoms with E-state index in [-0.39, 0.29) is 12.0 Å². The van der Waals surface area contributed by atoms with Crippen molar-refractivity contribution >= 4 is 17.2 Å². The van der Waals surface area contributed by atoms with Crippen molar-refractivity contribution in [3.05, 3.63) is 21.4 Å². The molecule has 2 heterocycles. The molecule has 1 aliphatic heterocycles. The smallest absolute Gasteiger partial charge is 0.222 e. The Balaban J connectivity index is 1.79. The number of carbonyl (C=O) groups is 1. The number of nitrogens with two attached hydrogens (primary N) is 1. The normalized spacial score (nSPS) is 19.6. The van der Waals surface area contributed by atoms with Crippen molar-refractivity contribution < 1.29 is 9.53 Å². The van der Waals surface area contributed by atoms with E-state index in [4.69, 9.17) is 10.5 Å². The first-order valence-corrected chi connectivity index (χ1v) is 8.57. The molecule has 2 rings (SSSR count). The van der Waals surface area contributed by atoms with Crippen LogP contribution in [0.2, 0.25) is 0 Å². The Labute approximate surface area is 131 Å². The molecule has 0 bridgehead atoms. The van der Waals surface area contributed by atoms with Gasteiger partial charge in [-0.1, -0.05) is 0 Å². The summed E-state index contributed by atoms with van der Waals surface area (Å²) in [6.45, 7) is 6.93. The molecule has 4 nitrogen and oxygen atoms in total. The second-order valence-electron chi connectivity index (χ2n) is 5.71. The van der Waals surface area contributed by atoms with E-state index in [1.165, 1.54) is 15.3 Å². The highest BCUT2D eigenvalue weighted by molar-refractivity contribution is 7.12. The summed E-state index contributed by atoms with van der Waals surface area (Å²) < 4.78 is 5.61. The number of ether oxygens (including phenoxy) is 1. The van der Waals surface area contributed by atoms with Gasteiger partial charge in [-0.15, -0.1) is 11.3 Å². The number of hydrogen-bond donors (Lipinski definition) is 1. The van der Waals surface area contributed by atoms with Gasteiger partial charge in [0.05, 0.1) is 6.10 Å². The minimum atomic E-state index is -0.00165. The molecule has 0 saturated carbocycles. The minimum absolute atomic E-state index is 0.00165. The summed E-state index contributed by atoms with van der Waals surface area (Å²) in [5.74, 6) is 0.239. The number of thiophene rings is 1. The molecule has 21 heavy (non-hydrogen) atoms. The molecule has 0 radical (unpaired) electrons. The first-order chi connectivity index (χ1) is 10.1. The lowest BCUT2D eigenvalue weighted by Crippen LogP contribution is -2.39. The summed E-state index contributed by atoms with van der Waals surface area (Å²) in [4.78, 5) is 17.0. The van der Waals surface area contributed by atoms with Crippen molar-refractivity contribution in [3.63, 3.8) is 0 Å². The molecule has 0 aromatic carbocycles. The average Bonchev–Trinajstić information content (AvgIpc) is 2.68. The molecule has 118 valence electrons. The minimum Gasteiger partial charge on any atom is -0.375 e. The molecule has 0 spiro atoms. The third-order valence-electron chi connectivity index (χ3n) is 3.95. The zero-order chi connectivity index (χ0) is 15.2. The van der Waals surface area contributed by atoms with E-state index in [0.29, 0.717) is 26.1 Å². The average molecular weight is 310 g/mol. The number of carbonyl (C=O) groups excluding carboxylic acids is 1. The van der Waals surface area contributed by atoms with Crippen LogP contribution in [0, 0.1) is 13.8 Å². The van der Waals surface area contributed by atoms with E-state index in [2.05, 4.69) is 19.9 Å². The summed E-state index contributed by atoms with van der Waals surface area (Å²) in [7, 11) is 0. The first kappa shape index (κ1) is 16.5. The fourth-order valence-corrected chi connectivity index (χ4v) is 3.76. The van der Waals surface area contributed by atoms with E-state index in [1.807, 2.05) is 16.2 Å². The van der Waals surface area contributed by atoms with Crippen LogP contribution >= 0.6 is 11.3 Å². The molecule has 2 N–H and O–H groups in total. The zero-order valence-corrected chi connectivity index (χ0v) is 13.9. The second-order valence-corrected chi connectivity index (χ2v) is 7.17. The van der Waals surface area contributed by atoms with Crippen LogP contribution in [0.3, 0.4) is 0 Å². The molecule has 1 fully saturated rings. The number of hydrogen-bond acceptors (Lipinski definition) is 4. The Morgan fingerprint density at radius 3 is 3.00 bits per heavy atom. The van der Waals surface area contributed by atoms with Gasteiger partial charge in [-0.05, 0) is 44.7 Å². The Morgan fingerprint density at radius 2 is 2.33 bits per heavy atom. The fourth-order valence-electron chi connectivity index (χ4n) is 2.78. The second kappa shape index (κ2) is 7.92. The van der Waals surface area contributed by atoms with Crippen LogP contribution < -0.4 is 5.73 Å². The highest BCUT2D eigenvalue weighted by Crippen LogP contribution is 2.22. The molecule has 1 unspecified atom stereocenters. The van der Waals surface area contributed by atoms with E-state index in [9.17, 15) is 4.79 Å². The molecular weight excluding hydrogens is 284 g/mol. The monoisotopic (exact) mass is 310 g/mol. The van der Waals surface area contributed by atoms with E-state index < -0.39 is 0 Å². The summed E-state index contributed by atoms with van der Waals surface area (Å²) in [6, 6.07) is 2.24. The highest BCUT2D eigenvalue weighted by atomic mass is 32.1. The van der Waals surface area contributed by atoms with Crippen LogP contribution in [0.1, 0.15) is 34.6 Å². The summed E-state index contributed by atoms with van der Waals surface area (Å²) >= 11 is 1.84. The van der Waals surface area contributed by atoms with Gasteiger partial charge in [0.25, 0.3) is 0 Å². The van der Waals surface area contributed by atoms with Gasteiger partial charge in [-0.2, -0.15) is 0 Å². The molecular formula is C16H26N2O2S. The molecule has 1 aromatic rings. The lowest BCUT2D eigenvalue weighted by molar-refractivity contribution is -0.132. The van der Waals surface area contributed by atoms with Crippen LogP contribution in [0.25, 0.3) is 0 Å². The number of amides is 1. The molecule has 1 atom stereocenters. The Hall–Kier alpha value is -0.910. The summed E-state index contributed by atoms with van der Waals surface area (Å²) in [5.41, 5.74) is 7.06. The topological polar surface area (TPSA) is 55.6 Å². The SMILES string of the molecule is Cc1cc(CCCC(=O)N2CCCOC(CN)C2)c(C)s1. The quantitative estimate of drug-likeness (QED) is 0.907. The van der Waals surface area contributed by atoms with Crippen molar-refractivity contribution in [1.29, 1.82) is 0 Å². The van der Waals surface area contributed by atoms with Crippen LogP contribution in [0.4, 0.5) is 0 Å². The third-order valence-corrected chi connectivity index (χ3v) is 4.95. The van der Waals surface area contributed by atoms with Crippen molar-refractivity contribution in [2.45, 2.75) is 45.6 Å². The predicted octanol–water partition coefficient (Wildman–Crippen LogP) is 2.26. The van der Waals surface area contributed by atoms with Crippen molar-refractivity contribution in [2.24, 2.45) is 5.73 Å². The van der Waals surface area contributed by atoms with Crippen LogP contribution in [-0.2, 0) is 16.0 Å².